The maximum absolute atomic E-state index is 11.3. The van der Waals surface area contributed by atoms with Crippen LogP contribution in [0.5, 0.6) is 0 Å². The van der Waals surface area contributed by atoms with Gasteiger partial charge < -0.3 is 5.11 Å². The Balaban J connectivity index is 0.00000261. The largest absolute Gasteiger partial charge is 0.478 e. The van der Waals surface area contributed by atoms with Crippen molar-refractivity contribution in [2.45, 2.75) is 19.9 Å². The van der Waals surface area contributed by atoms with E-state index in [0.29, 0.717) is 12.1 Å². The lowest BCUT2D eigenvalue weighted by Gasteiger charge is -2.15. The highest BCUT2D eigenvalue weighted by atomic mass is 35.5. The van der Waals surface area contributed by atoms with Crippen LogP contribution in [0.25, 0.3) is 10.8 Å². The summed E-state index contributed by atoms with van der Waals surface area (Å²) in [7, 11) is 0. The van der Waals surface area contributed by atoms with Crippen LogP contribution < -0.4 is 5.32 Å². The molecule has 3 aromatic carbocycles. The first-order valence-electron chi connectivity index (χ1n) is 8.60. The number of rotatable bonds is 4. The summed E-state index contributed by atoms with van der Waals surface area (Å²) in [5.74, 6) is 5.13. The Morgan fingerprint density at radius 1 is 1.07 bits per heavy atom. The van der Waals surface area contributed by atoms with Gasteiger partial charge in [-0.05, 0) is 41.8 Å². The number of carboxylic acids is 1. The molecule has 4 heteroatoms. The molecular formula is C23H22ClNO2. The van der Waals surface area contributed by atoms with E-state index in [2.05, 4.69) is 54.4 Å². The van der Waals surface area contributed by atoms with Crippen LogP contribution in [0.1, 0.15) is 40.0 Å². The Bertz CT molecular complexity index is 1010. The van der Waals surface area contributed by atoms with Crippen LogP contribution in [0.15, 0.2) is 60.7 Å². The molecule has 2 N–H and O–H groups in total. The fourth-order valence-electron chi connectivity index (χ4n) is 3.09. The summed E-state index contributed by atoms with van der Waals surface area (Å²) in [4.78, 5) is 11.3. The molecule has 1 atom stereocenters. The van der Waals surface area contributed by atoms with E-state index in [1.807, 2.05) is 25.1 Å². The molecule has 0 saturated carbocycles. The van der Waals surface area contributed by atoms with Crippen LogP contribution in [-0.4, -0.2) is 17.6 Å². The normalized spacial score (nSPS) is 11.2. The van der Waals surface area contributed by atoms with Gasteiger partial charge >= 0.3 is 5.97 Å². The molecule has 0 saturated heterocycles. The number of aromatic carboxylic acids is 1. The van der Waals surface area contributed by atoms with Crippen molar-refractivity contribution in [1.29, 1.82) is 0 Å². The molecule has 0 aliphatic carbocycles. The zero-order chi connectivity index (χ0) is 18.5. The van der Waals surface area contributed by atoms with E-state index in [4.69, 9.17) is 0 Å². The first-order chi connectivity index (χ1) is 12.6. The van der Waals surface area contributed by atoms with Crippen molar-refractivity contribution in [1.82, 2.24) is 5.32 Å². The zero-order valence-corrected chi connectivity index (χ0v) is 16.1. The Labute approximate surface area is 165 Å². The molecule has 3 rings (SSSR count). The van der Waals surface area contributed by atoms with Gasteiger partial charge in [0.2, 0.25) is 0 Å². The number of fused-ring (bicyclic) bond motifs is 1. The van der Waals surface area contributed by atoms with Gasteiger partial charge in [0.15, 0.2) is 0 Å². The lowest BCUT2D eigenvalue weighted by molar-refractivity contribution is 0.0696. The quantitative estimate of drug-likeness (QED) is 0.629. The van der Waals surface area contributed by atoms with Gasteiger partial charge in [0.25, 0.3) is 0 Å². The third kappa shape index (κ3) is 4.68. The number of nitrogens with one attached hydrogen (secondary N) is 1. The molecule has 0 aliphatic rings. The maximum atomic E-state index is 11.3. The smallest absolute Gasteiger partial charge is 0.336 e. The zero-order valence-electron chi connectivity index (χ0n) is 15.3. The fraction of sp³-hybridized carbons (Fsp3) is 0.174. The van der Waals surface area contributed by atoms with Crippen LogP contribution in [0.2, 0.25) is 0 Å². The summed E-state index contributed by atoms with van der Waals surface area (Å²) in [6, 6.07) is 20.0. The number of hydrogen-bond acceptors (Lipinski definition) is 2. The van der Waals surface area contributed by atoms with E-state index < -0.39 is 5.97 Å². The first-order valence-corrected chi connectivity index (χ1v) is 8.60. The molecule has 0 spiro atoms. The number of aryl methyl sites for hydroxylation is 1. The van der Waals surface area contributed by atoms with Gasteiger partial charge in [-0.2, -0.15) is 0 Å². The average Bonchev–Trinajstić information content (AvgIpc) is 2.65. The maximum Gasteiger partial charge on any atom is 0.336 e. The Morgan fingerprint density at radius 3 is 2.56 bits per heavy atom. The highest BCUT2D eigenvalue weighted by molar-refractivity contribution is 5.91. The highest BCUT2D eigenvalue weighted by Gasteiger charge is 2.10. The molecule has 27 heavy (non-hydrogen) atoms. The summed E-state index contributed by atoms with van der Waals surface area (Å²) in [6.45, 7) is 4.47. The molecule has 0 aliphatic heterocycles. The molecule has 138 valence electrons. The second kappa shape index (κ2) is 9.23. The molecule has 0 fully saturated rings. The molecule has 3 nitrogen and oxygen atoms in total. The van der Waals surface area contributed by atoms with Crippen molar-refractivity contribution in [3.8, 4) is 11.8 Å². The molecule has 0 radical (unpaired) electrons. The van der Waals surface area contributed by atoms with E-state index in [1.165, 1.54) is 16.3 Å². The number of hydrogen-bond donors (Lipinski definition) is 2. The fourth-order valence-corrected chi connectivity index (χ4v) is 3.09. The number of benzene rings is 3. The highest BCUT2D eigenvalue weighted by Crippen LogP contribution is 2.23. The summed E-state index contributed by atoms with van der Waals surface area (Å²) < 4.78 is 0. The van der Waals surface area contributed by atoms with Crippen LogP contribution in [-0.2, 0) is 0 Å². The predicted octanol–water partition coefficient (Wildman–Crippen LogP) is 4.97. The van der Waals surface area contributed by atoms with Gasteiger partial charge in [0, 0.05) is 11.6 Å². The number of halogens is 1. The Hall–Kier alpha value is -2.80. The van der Waals surface area contributed by atoms with Gasteiger partial charge in [-0.25, -0.2) is 4.79 Å². The van der Waals surface area contributed by atoms with Crippen molar-refractivity contribution in [2.24, 2.45) is 0 Å². The van der Waals surface area contributed by atoms with E-state index >= 15 is 0 Å². The van der Waals surface area contributed by atoms with Crippen molar-refractivity contribution >= 4 is 29.1 Å². The van der Waals surface area contributed by atoms with Gasteiger partial charge in [-0.3, -0.25) is 5.32 Å². The first kappa shape index (κ1) is 20.5. The monoisotopic (exact) mass is 379 g/mol. The molecule has 1 unspecified atom stereocenters. The van der Waals surface area contributed by atoms with Crippen LogP contribution >= 0.6 is 12.4 Å². The third-order valence-corrected chi connectivity index (χ3v) is 4.50. The van der Waals surface area contributed by atoms with E-state index in [-0.39, 0.29) is 24.0 Å². The molecule has 0 aromatic heterocycles. The standard InChI is InChI=1S/C23H21NO2.ClH/c1-16-8-5-13-22(23(25)26)19(16)14-7-15-24-17(2)20-12-6-10-18-9-3-4-11-21(18)20;/h3-6,8-13,17,24H,15H2,1-2H3,(H,25,26);1H. The second-order valence-electron chi connectivity index (χ2n) is 6.28. The summed E-state index contributed by atoms with van der Waals surface area (Å²) in [5, 5.41) is 15.2. The second-order valence-corrected chi connectivity index (χ2v) is 6.28. The van der Waals surface area contributed by atoms with Crippen molar-refractivity contribution < 1.29 is 9.90 Å². The van der Waals surface area contributed by atoms with Gasteiger partial charge in [-0.1, -0.05) is 66.4 Å². The molecule has 0 amide bonds. The van der Waals surface area contributed by atoms with E-state index in [0.717, 1.165) is 5.56 Å². The summed E-state index contributed by atoms with van der Waals surface area (Å²) >= 11 is 0. The van der Waals surface area contributed by atoms with Crippen molar-refractivity contribution in [2.75, 3.05) is 6.54 Å². The number of carboxylic acid groups (broad SMARTS) is 1. The Kier molecular flexibility index (Phi) is 7.01. The SMILES string of the molecule is Cc1cccc(C(=O)O)c1C#CCNC(C)c1cccc2ccccc12.Cl. The van der Waals surface area contributed by atoms with Gasteiger partial charge in [0.05, 0.1) is 12.1 Å². The lowest BCUT2D eigenvalue weighted by Crippen LogP contribution is -2.19. The minimum Gasteiger partial charge on any atom is -0.478 e. The average molecular weight is 380 g/mol. The lowest BCUT2D eigenvalue weighted by atomic mass is 10.00. The summed E-state index contributed by atoms with van der Waals surface area (Å²) in [6.07, 6.45) is 0. The van der Waals surface area contributed by atoms with Gasteiger partial charge in [-0.15, -0.1) is 12.4 Å². The van der Waals surface area contributed by atoms with Crippen molar-refractivity contribution in [3.05, 3.63) is 82.9 Å². The van der Waals surface area contributed by atoms with Crippen LogP contribution in [0, 0.1) is 18.8 Å². The summed E-state index contributed by atoms with van der Waals surface area (Å²) in [5.41, 5.74) is 2.94. The van der Waals surface area contributed by atoms with Crippen LogP contribution in [0.3, 0.4) is 0 Å². The minimum atomic E-state index is -0.949. The third-order valence-electron chi connectivity index (χ3n) is 4.50. The Morgan fingerprint density at radius 2 is 1.78 bits per heavy atom. The number of carbonyl (C=O) groups is 1. The van der Waals surface area contributed by atoms with E-state index in [9.17, 15) is 9.90 Å². The van der Waals surface area contributed by atoms with Gasteiger partial charge in [0.1, 0.15) is 0 Å². The topological polar surface area (TPSA) is 49.3 Å². The molecule has 0 heterocycles. The predicted molar refractivity (Wildman–Crippen MR) is 113 cm³/mol. The molecule has 3 aromatic rings. The van der Waals surface area contributed by atoms with Crippen LogP contribution in [0.4, 0.5) is 0 Å². The van der Waals surface area contributed by atoms with Crippen molar-refractivity contribution in [3.63, 3.8) is 0 Å². The molecular weight excluding hydrogens is 358 g/mol. The minimum absolute atomic E-state index is 0. The molecule has 0 bridgehead atoms. The van der Waals surface area contributed by atoms with E-state index in [1.54, 1.807) is 12.1 Å².